The van der Waals surface area contributed by atoms with Gasteiger partial charge in [0.1, 0.15) is 5.60 Å². The summed E-state index contributed by atoms with van der Waals surface area (Å²) in [6, 6.07) is 9.60. The standard InChI is InChI=1S/C6H8N2.C5H10O2/c7-8-6-4-2-1-3-5-6;1-5(2,3)7-4-6/h1-5,8H,7H2;4H,1-3H3. The molecule has 0 aromatic heterocycles. The van der Waals surface area contributed by atoms with Crippen LogP contribution >= 0.6 is 0 Å². The number of para-hydroxylation sites is 1. The van der Waals surface area contributed by atoms with Gasteiger partial charge < -0.3 is 10.2 Å². The number of benzene rings is 1. The molecule has 1 aromatic rings. The van der Waals surface area contributed by atoms with Crippen LogP contribution in [0.2, 0.25) is 0 Å². The number of carbonyl (C=O) groups excluding carboxylic acids is 1. The highest BCUT2D eigenvalue weighted by molar-refractivity contribution is 5.40. The van der Waals surface area contributed by atoms with Crippen molar-refractivity contribution in [2.75, 3.05) is 5.43 Å². The van der Waals surface area contributed by atoms with Crippen molar-refractivity contribution in [2.24, 2.45) is 5.84 Å². The van der Waals surface area contributed by atoms with E-state index < -0.39 is 0 Å². The van der Waals surface area contributed by atoms with E-state index in [0.717, 1.165) is 5.69 Å². The summed E-state index contributed by atoms with van der Waals surface area (Å²) in [5, 5.41) is 0. The fourth-order valence-electron chi connectivity index (χ4n) is 0.679. The molecule has 0 saturated heterocycles. The van der Waals surface area contributed by atoms with E-state index in [0.29, 0.717) is 6.47 Å². The van der Waals surface area contributed by atoms with Gasteiger partial charge in [-0.15, -0.1) is 0 Å². The van der Waals surface area contributed by atoms with Gasteiger partial charge in [0.05, 0.1) is 0 Å². The second kappa shape index (κ2) is 6.84. The SMILES string of the molecule is CC(C)(C)OC=O.NNc1ccccc1. The second-order valence-electron chi connectivity index (χ2n) is 3.84. The maximum atomic E-state index is 9.60. The predicted octanol–water partition coefficient (Wildman–Crippen LogP) is 1.93. The highest BCUT2D eigenvalue weighted by Crippen LogP contribution is 2.02. The molecule has 0 aliphatic heterocycles. The Morgan fingerprint density at radius 1 is 1.27 bits per heavy atom. The topological polar surface area (TPSA) is 64.3 Å². The smallest absolute Gasteiger partial charge is 0.293 e. The summed E-state index contributed by atoms with van der Waals surface area (Å²) in [5.41, 5.74) is 3.15. The summed E-state index contributed by atoms with van der Waals surface area (Å²) >= 11 is 0. The molecule has 4 heteroatoms. The van der Waals surface area contributed by atoms with Gasteiger partial charge in [0, 0.05) is 5.69 Å². The highest BCUT2D eigenvalue weighted by atomic mass is 16.5. The molecule has 84 valence electrons. The predicted molar refractivity (Wildman–Crippen MR) is 61.2 cm³/mol. The quantitative estimate of drug-likeness (QED) is 0.445. The lowest BCUT2D eigenvalue weighted by Gasteiger charge is -2.14. The van der Waals surface area contributed by atoms with Gasteiger partial charge in [0.2, 0.25) is 0 Å². The van der Waals surface area contributed by atoms with Crippen molar-refractivity contribution in [3.8, 4) is 0 Å². The number of anilines is 1. The van der Waals surface area contributed by atoms with Crippen molar-refractivity contribution < 1.29 is 9.53 Å². The summed E-state index contributed by atoms with van der Waals surface area (Å²) in [6.45, 7) is 5.92. The molecule has 0 atom stereocenters. The average molecular weight is 210 g/mol. The fraction of sp³-hybridized carbons (Fsp3) is 0.364. The summed E-state index contributed by atoms with van der Waals surface area (Å²) in [7, 11) is 0. The third-order valence-corrected chi connectivity index (χ3v) is 1.34. The summed E-state index contributed by atoms with van der Waals surface area (Å²) in [5.74, 6) is 5.10. The van der Waals surface area contributed by atoms with Crippen LogP contribution in [0.3, 0.4) is 0 Å². The van der Waals surface area contributed by atoms with Crippen LogP contribution < -0.4 is 11.3 Å². The minimum Gasteiger partial charge on any atom is -0.462 e. The molecule has 0 spiro atoms. The Balaban J connectivity index is 0.000000265. The molecule has 0 fully saturated rings. The molecule has 0 radical (unpaired) electrons. The zero-order chi connectivity index (χ0) is 11.7. The molecule has 0 amide bonds. The third kappa shape index (κ3) is 8.77. The average Bonchev–Trinajstić information content (AvgIpc) is 2.18. The molecular weight excluding hydrogens is 192 g/mol. The number of hydrogen-bond donors (Lipinski definition) is 2. The maximum Gasteiger partial charge on any atom is 0.293 e. The van der Waals surface area contributed by atoms with Gasteiger partial charge in [0.15, 0.2) is 0 Å². The summed E-state index contributed by atoms with van der Waals surface area (Å²) in [4.78, 5) is 9.60. The van der Waals surface area contributed by atoms with Crippen LogP contribution in [0.4, 0.5) is 5.69 Å². The van der Waals surface area contributed by atoms with Crippen LogP contribution in [0, 0.1) is 0 Å². The van der Waals surface area contributed by atoms with Gasteiger partial charge in [-0.05, 0) is 32.9 Å². The molecule has 1 aromatic carbocycles. The number of carbonyl (C=O) groups is 1. The van der Waals surface area contributed by atoms with E-state index in [1.165, 1.54) is 0 Å². The molecule has 0 aliphatic rings. The lowest BCUT2D eigenvalue weighted by atomic mass is 10.2. The van der Waals surface area contributed by atoms with Crippen molar-refractivity contribution in [1.82, 2.24) is 0 Å². The van der Waals surface area contributed by atoms with E-state index in [2.05, 4.69) is 10.2 Å². The largest absolute Gasteiger partial charge is 0.462 e. The van der Waals surface area contributed by atoms with Gasteiger partial charge >= 0.3 is 0 Å². The molecule has 1 rings (SSSR count). The van der Waals surface area contributed by atoms with Gasteiger partial charge in [-0.25, -0.2) is 0 Å². The summed E-state index contributed by atoms with van der Waals surface area (Å²) < 4.78 is 4.55. The highest BCUT2D eigenvalue weighted by Gasteiger charge is 2.07. The first kappa shape index (κ1) is 13.4. The molecule has 0 bridgehead atoms. The lowest BCUT2D eigenvalue weighted by molar-refractivity contribution is -0.138. The zero-order valence-corrected chi connectivity index (χ0v) is 9.36. The van der Waals surface area contributed by atoms with Crippen molar-refractivity contribution in [1.29, 1.82) is 0 Å². The number of hydrazine groups is 1. The number of rotatable bonds is 2. The molecule has 0 heterocycles. The minimum atomic E-state index is -0.318. The third-order valence-electron chi connectivity index (χ3n) is 1.34. The van der Waals surface area contributed by atoms with Crippen LogP contribution in [-0.4, -0.2) is 12.1 Å². The Bertz CT molecular complexity index is 268. The molecule has 0 saturated carbocycles. The van der Waals surface area contributed by atoms with Crippen molar-refractivity contribution >= 4 is 12.2 Å². The molecular formula is C11H18N2O2. The van der Waals surface area contributed by atoms with Crippen LogP contribution in [-0.2, 0) is 9.53 Å². The maximum absolute atomic E-state index is 9.60. The van der Waals surface area contributed by atoms with E-state index >= 15 is 0 Å². The monoisotopic (exact) mass is 210 g/mol. The minimum absolute atomic E-state index is 0.318. The zero-order valence-electron chi connectivity index (χ0n) is 9.36. The first-order valence-corrected chi connectivity index (χ1v) is 4.62. The Labute approximate surface area is 90.4 Å². The number of hydrogen-bond acceptors (Lipinski definition) is 4. The van der Waals surface area contributed by atoms with E-state index in [-0.39, 0.29) is 5.60 Å². The Morgan fingerprint density at radius 3 is 2.00 bits per heavy atom. The summed E-state index contributed by atoms with van der Waals surface area (Å²) in [6.07, 6.45) is 0. The fourth-order valence-corrected chi connectivity index (χ4v) is 0.679. The van der Waals surface area contributed by atoms with Crippen molar-refractivity contribution in [3.63, 3.8) is 0 Å². The normalized spacial score (nSPS) is 9.60. The Hall–Kier alpha value is -1.55. The first-order valence-electron chi connectivity index (χ1n) is 4.62. The van der Waals surface area contributed by atoms with Crippen LogP contribution in [0.1, 0.15) is 20.8 Å². The van der Waals surface area contributed by atoms with E-state index in [9.17, 15) is 4.79 Å². The Morgan fingerprint density at radius 2 is 1.80 bits per heavy atom. The lowest BCUT2D eigenvalue weighted by Crippen LogP contribution is -2.17. The number of nitrogen functional groups attached to an aromatic ring is 1. The van der Waals surface area contributed by atoms with Crippen LogP contribution in [0.15, 0.2) is 30.3 Å². The van der Waals surface area contributed by atoms with E-state index in [1.54, 1.807) is 0 Å². The number of nitrogens with one attached hydrogen (secondary N) is 1. The van der Waals surface area contributed by atoms with Gasteiger partial charge in [-0.1, -0.05) is 18.2 Å². The molecule has 0 unspecified atom stereocenters. The van der Waals surface area contributed by atoms with Gasteiger partial charge in [0.25, 0.3) is 6.47 Å². The second-order valence-corrected chi connectivity index (χ2v) is 3.84. The molecule has 3 N–H and O–H groups in total. The van der Waals surface area contributed by atoms with Gasteiger partial charge in [-0.3, -0.25) is 10.6 Å². The van der Waals surface area contributed by atoms with Crippen LogP contribution in [0.5, 0.6) is 0 Å². The van der Waals surface area contributed by atoms with Crippen LogP contribution in [0.25, 0.3) is 0 Å². The first-order chi connectivity index (χ1) is 6.99. The van der Waals surface area contributed by atoms with Crippen molar-refractivity contribution in [2.45, 2.75) is 26.4 Å². The van der Waals surface area contributed by atoms with E-state index in [4.69, 9.17) is 5.84 Å². The molecule has 0 aliphatic carbocycles. The number of nitrogens with two attached hydrogens (primary N) is 1. The van der Waals surface area contributed by atoms with Gasteiger partial charge in [-0.2, -0.15) is 0 Å². The van der Waals surface area contributed by atoms with E-state index in [1.807, 2.05) is 51.1 Å². The molecule has 4 nitrogen and oxygen atoms in total. The molecule has 15 heavy (non-hydrogen) atoms. The van der Waals surface area contributed by atoms with Crippen molar-refractivity contribution in [3.05, 3.63) is 30.3 Å². The number of ether oxygens (including phenoxy) is 1. The Kier molecular flexibility index (Phi) is 6.13.